The van der Waals surface area contributed by atoms with Crippen LogP contribution in [0.25, 0.3) is 0 Å². The Morgan fingerprint density at radius 2 is 2.20 bits per heavy atom. The van der Waals surface area contributed by atoms with Gasteiger partial charge in [0.25, 0.3) is 0 Å². The molecule has 0 spiro atoms. The van der Waals surface area contributed by atoms with Gasteiger partial charge in [-0.1, -0.05) is 12.2 Å². The van der Waals surface area contributed by atoms with Gasteiger partial charge < -0.3 is 9.64 Å². The summed E-state index contributed by atoms with van der Waals surface area (Å²) in [4.78, 5) is 18.5. The third-order valence-corrected chi connectivity index (χ3v) is 3.62. The number of allylic oxidation sites excluding steroid dienone is 2. The lowest BCUT2D eigenvalue weighted by atomic mass is 9.93. The van der Waals surface area contributed by atoms with E-state index in [4.69, 9.17) is 4.74 Å². The van der Waals surface area contributed by atoms with Crippen molar-refractivity contribution in [3.63, 3.8) is 0 Å². The largest absolute Gasteiger partial charge is 0.383 e. The van der Waals surface area contributed by atoms with E-state index in [2.05, 4.69) is 17.1 Å². The van der Waals surface area contributed by atoms with Crippen molar-refractivity contribution in [1.82, 2.24) is 9.88 Å². The molecule has 0 saturated carbocycles. The van der Waals surface area contributed by atoms with Crippen molar-refractivity contribution in [2.75, 3.05) is 20.3 Å². The van der Waals surface area contributed by atoms with E-state index in [1.807, 2.05) is 17.0 Å². The van der Waals surface area contributed by atoms with E-state index in [-0.39, 0.29) is 11.8 Å². The van der Waals surface area contributed by atoms with Crippen molar-refractivity contribution in [1.29, 1.82) is 0 Å². The van der Waals surface area contributed by atoms with E-state index in [9.17, 15) is 4.79 Å². The number of rotatable bonds is 6. The van der Waals surface area contributed by atoms with Crippen LogP contribution < -0.4 is 0 Å². The van der Waals surface area contributed by atoms with Gasteiger partial charge in [0.05, 0.1) is 6.61 Å². The number of hydrogen-bond donors (Lipinski definition) is 0. The normalized spacial score (nSPS) is 17.9. The minimum Gasteiger partial charge on any atom is -0.383 e. The van der Waals surface area contributed by atoms with E-state index >= 15 is 0 Å². The highest BCUT2D eigenvalue weighted by Gasteiger charge is 2.24. The second kappa shape index (κ2) is 7.80. The first-order valence-corrected chi connectivity index (χ1v) is 7.13. The Morgan fingerprint density at radius 1 is 1.40 bits per heavy atom. The highest BCUT2D eigenvalue weighted by Crippen LogP contribution is 2.21. The third kappa shape index (κ3) is 4.17. The summed E-state index contributed by atoms with van der Waals surface area (Å²) in [6.45, 7) is 1.84. The van der Waals surface area contributed by atoms with Gasteiger partial charge in [0, 0.05) is 38.5 Å². The van der Waals surface area contributed by atoms with Gasteiger partial charge in [0.1, 0.15) is 0 Å². The number of ether oxygens (including phenoxy) is 1. The van der Waals surface area contributed by atoms with Gasteiger partial charge in [-0.05, 0) is 37.0 Å². The first-order valence-electron chi connectivity index (χ1n) is 7.13. The molecule has 2 rings (SSSR count). The zero-order valence-corrected chi connectivity index (χ0v) is 12.0. The molecule has 0 saturated heterocycles. The summed E-state index contributed by atoms with van der Waals surface area (Å²) in [7, 11) is 1.67. The molecule has 0 bridgehead atoms. The number of carbonyl (C=O) groups excluding carboxylic acids is 1. The lowest BCUT2D eigenvalue weighted by Gasteiger charge is -2.28. The van der Waals surface area contributed by atoms with Crippen LogP contribution in [0.5, 0.6) is 0 Å². The molecular weight excluding hydrogens is 252 g/mol. The molecule has 4 heteroatoms. The van der Waals surface area contributed by atoms with Crippen molar-refractivity contribution in [3.05, 3.63) is 42.2 Å². The number of methoxy groups -OCH3 is 1. The summed E-state index contributed by atoms with van der Waals surface area (Å²) in [5.74, 6) is 0.363. The summed E-state index contributed by atoms with van der Waals surface area (Å²) in [6, 6.07) is 3.90. The summed E-state index contributed by atoms with van der Waals surface area (Å²) in [6.07, 6.45) is 10.6. The Kier molecular flexibility index (Phi) is 5.74. The van der Waals surface area contributed by atoms with E-state index in [1.165, 1.54) is 0 Å². The second-order valence-corrected chi connectivity index (χ2v) is 5.09. The predicted octanol–water partition coefficient (Wildman–Crippen LogP) is 2.41. The van der Waals surface area contributed by atoms with Crippen LogP contribution in [0.15, 0.2) is 36.7 Å². The maximum atomic E-state index is 12.6. The number of carbonyl (C=O) groups is 1. The quantitative estimate of drug-likeness (QED) is 0.748. The maximum Gasteiger partial charge on any atom is 0.226 e. The Hall–Kier alpha value is -1.68. The van der Waals surface area contributed by atoms with Crippen LogP contribution in [0, 0.1) is 5.92 Å². The highest BCUT2D eigenvalue weighted by atomic mass is 16.5. The molecule has 1 amide bonds. The summed E-state index contributed by atoms with van der Waals surface area (Å²) >= 11 is 0. The molecule has 0 N–H and O–H groups in total. The molecule has 1 heterocycles. The van der Waals surface area contributed by atoms with Crippen LogP contribution in [-0.2, 0) is 16.1 Å². The van der Waals surface area contributed by atoms with Crippen LogP contribution in [-0.4, -0.2) is 36.1 Å². The minimum atomic E-state index is 0.124. The fourth-order valence-corrected chi connectivity index (χ4v) is 2.45. The van der Waals surface area contributed by atoms with Crippen LogP contribution in [0.1, 0.15) is 24.8 Å². The first kappa shape index (κ1) is 14.7. The van der Waals surface area contributed by atoms with Crippen LogP contribution in [0.2, 0.25) is 0 Å². The molecule has 20 heavy (non-hydrogen) atoms. The number of aromatic nitrogens is 1. The van der Waals surface area contributed by atoms with Gasteiger partial charge in [0.15, 0.2) is 0 Å². The zero-order valence-electron chi connectivity index (χ0n) is 12.0. The smallest absolute Gasteiger partial charge is 0.226 e. The van der Waals surface area contributed by atoms with Crippen molar-refractivity contribution in [2.45, 2.75) is 25.8 Å². The zero-order chi connectivity index (χ0) is 14.2. The van der Waals surface area contributed by atoms with E-state index in [0.29, 0.717) is 19.7 Å². The second-order valence-electron chi connectivity index (χ2n) is 5.09. The van der Waals surface area contributed by atoms with E-state index < -0.39 is 0 Å². The molecular formula is C16H22N2O2. The lowest BCUT2D eigenvalue weighted by molar-refractivity contribution is -0.137. The summed E-state index contributed by atoms with van der Waals surface area (Å²) < 4.78 is 5.13. The highest BCUT2D eigenvalue weighted by molar-refractivity contribution is 5.79. The summed E-state index contributed by atoms with van der Waals surface area (Å²) in [5.41, 5.74) is 1.11. The van der Waals surface area contributed by atoms with Gasteiger partial charge in [-0.2, -0.15) is 0 Å². The Bertz CT molecular complexity index is 445. The number of pyridine rings is 1. The van der Waals surface area contributed by atoms with Crippen LogP contribution in [0.3, 0.4) is 0 Å². The molecule has 1 aliphatic rings. The van der Waals surface area contributed by atoms with Crippen molar-refractivity contribution in [3.8, 4) is 0 Å². The van der Waals surface area contributed by atoms with Crippen LogP contribution in [0.4, 0.5) is 0 Å². The Morgan fingerprint density at radius 3 is 2.85 bits per heavy atom. The maximum absolute atomic E-state index is 12.6. The monoisotopic (exact) mass is 274 g/mol. The molecule has 108 valence electrons. The van der Waals surface area contributed by atoms with Gasteiger partial charge in [0.2, 0.25) is 5.91 Å². The minimum absolute atomic E-state index is 0.124. The molecule has 1 aliphatic carbocycles. The molecule has 1 unspecified atom stereocenters. The van der Waals surface area contributed by atoms with Crippen molar-refractivity contribution >= 4 is 5.91 Å². The summed E-state index contributed by atoms with van der Waals surface area (Å²) in [5, 5.41) is 0. The molecule has 1 atom stereocenters. The van der Waals surface area contributed by atoms with Gasteiger partial charge >= 0.3 is 0 Å². The standard InChI is InChI=1S/C16H22N2O2/c1-20-12-11-18(13-14-7-9-17-10-8-14)16(19)15-5-3-2-4-6-15/h2-3,7-10,15H,4-6,11-13H2,1H3. The van der Waals surface area contributed by atoms with Gasteiger partial charge in [-0.15, -0.1) is 0 Å². The molecule has 1 aromatic heterocycles. The number of hydrogen-bond acceptors (Lipinski definition) is 3. The Labute approximate surface area is 120 Å². The Balaban J connectivity index is 2.02. The average molecular weight is 274 g/mol. The topological polar surface area (TPSA) is 42.4 Å². The van der Waals surface area contributed by atoms with Crippen molar-refractivity contribution < 1.29 is 9.53 Å². The molecule has 0 radical (unpaired) electrons. The molecule has 0 aromatic carbocycles. The van der Waals surface area contributed by atoms with Gasteiger partial charge in [-0.25, -0.2) is 0 Å². The van der Waals surface area contributed by atoms with Gasteiger partial charge in [-0.3, -0.25) is 9.78 Å². The van der Waals surface area contributed by atoms with Crippen molar-refractivity contribution in [2.24, 2.45) is 5.92 Å². The first-order chi connectivity index (χ1) is 9.81. The predicted molar refractivity (Wildman–Crippen MR) is 78.0 cm³/mol. The molecule has 0 aliphatic heterocycles. The van der Waals surface area contributed by atoms with E-state index in [1.54, 1.807) is 19.5 Å². The van der Waals surface area contributed by atoms with Crippen LogP contribution >= 0.6 is 0 Å². The number of nitrogens with zero attached hydrogens (tertiary/aromatic N) is 2. The lowest BCUT2D eigenvalue weighted by Crippen LogP contribution is -2.38. The SMILES string of the molecule is COCCN(Cc1ccncc1)C(=O)C1CC=CCC1. The fourth-order valence-electron chi connectivity index (χ4n) is 2.45. The molecule has 0 fully saturated rings. The molecule has 4 nitrogen and oxygen atoms in total. The fraction of sp³-hybridized carbons (Fsp3) is 0.500. The molecule has 1 aromatic rings. The average Bonchev–Trinajstić information content (AvgIpc) is 2.52. The number of amides is 1. The van der Waals surface area contributed by atoms with E-state index in [0.717, 1.165) is 24.8 Å². The third-order valence-electron chi connectivity index (χ3n) is 3.62.